The highest BCUT2D eigenvalue weighted by Gasteiger charge is 2.41. The molecule has 0 radical (unpaired) electrons. The van der Waals surface area contributed by atoms with Crippen LogP contribution < -0.4 is 0 Å². The number of imide groups is 2. The van der Waals surface area contributed by atoms with E-state index in [4.69, 9.17) is 0 Å². The Labute approximate surface area is 210 Å². The Bertz CT molecular complexity index is 1440. The molecule has 0 aliphatic carbocycles. The lowest BCUT2D eigenvalue weighted by atomic mass is 9.94. The van der Waals surface area contributed by atoms with Gasteiger partial charge in [0.05, 0.1) is 0 Å². The van der Waals surface area contributed by atoms with Crippen LogP contribution in [0, 0.1) is 0 Å². The van der Waals surface area contributed by atoms with Crippen molar-refractivity contribution in [1.82, 2.24) is 9.80 Å². The Morgan fingerprint density at radius 2 is 1.25 bits per heavy atom. The molecule has 4 aromatic carbocycles. The molecule has 4 aromatic rings. The van der Waals surface area contributed by atoms with Crippen LogP contribution in [0.1, 0.15) is 30.9 Å². The van der Waals surface area contributed by atoms with Gasteiger partial charge in [-0.15, -0.1) is 0 Å². The first-order valence-electron chi connectivity index (χ1n) is 12.4. The average molecular weight is 477 g/mol. The average Bonchev–Trinajstić information content (AvgIpc) is 2.91. The second-order valence-electron chi connectivity index (χ2n) is 9.08. The minimum atomic E-state index is -0.536. The summed E-state index contributed by atoms with van der Waals surface area (Å²) >= 11 is 0. The van der Waals surface area contributed by atoms with Gasteiger partial charge in [-0.05, 0) is 57.7 Å². The summed E-state index contributed by atoms with van der Waals surface area (Å²) in [5.74, 6) is -1.06. The highest BCUT2D eigenvalue weighted by molar-refractivity contribution is 6.31. The predicted molar refractivity (Wildman–Crippen MR) is 143 cm³/mol. The van der Waals surface area contributed by atoms with Crippen LogP contribution in [-0.2, 0) is 16.0 Å². The number of barbiturate groups is 1. The molecule has 0 bridgehead atoms. The molecule has 0 unspecified atom stereocenters. The zero-order valence-corrected chi connectivity index (χ0v) is 20.3. The first kappa shape index (κ1) is 23.5. The molecule has 5 rings (SSSR count). The number of nitrogens with zero attached hydrogens (tertiary/aromatic N) is 2. The minimum absolute atomic E-state index is 0.0280. The van der Waals surface area contributed by atoms with Crippen molar-refractivity contribution in [1.29, 1.82) is 0 Å². The SMILES string of the molecule is CCCCN1C(=O)/C(=C\c2c3ccccc3cc3ccccc23)C(=O)N(CCc2ccccc2)C1=O. The van der Waals surface area contributed by atoms with Gasteiger partial charge in [-0.1, -0.05) is 92.2 Å². The molecular weight excluding hydrogens is 448 g/mol. The first-order valence-corrected chi connectivity index (χ1v) is 12.4. The van der Waals surface area contributed by atoms with Gasteiger partial charge >= 0.3 is 6.03 Å². The molecule has 36 heavy (non-hydrogen) atoms. The Hall–Kier alpha value is -4.25. The van der Waals surface area contributed by atoms with Crippen LogP contribution >= 0.6 is 0 Å². The van der Waals surface area contributed by atoms with E-state index in [0.29, 0.717) is 12.8 Å². The van der Waals surface area contributed by atoms with Crippen LogP contribution in [0.2, 0.25) is 0 Å². The summed E-state index contributed by atoms with van der Waals surface area (Å²) in [5, 5.41) is 3.96. The smallest absolute Gasteiger partial charge is 0.268 e. The van der Waals surface area contributed by atoms with Crippen LogP contribution in [0.25, 0.3) is 27.6 Å². The number of fused-ring (bicyclic) bond motifs is 2. The van der Waals surface area contributed by atoms with E-state index in [2.05, 4.69) is 6.07 Å². The second kappa shape index (κ2) is 10.2. The predicted octanol–water partition coefficient (Wildman–Crippen LogP) is 6.21. The Morgan fingerprint density at radius 1 is 0.694 bits per heavy atom. The van der Waals surface area contributed by atoms with Gasteiger partial charge in [0.25, 0.3) is 11.8 Å². The summed E-state index contributed by atoms with van der Waals surface area (Å²) in [6, 6.07) is 27.2. The highest BCUT2D eigenvalue weighted by Crippen LogP contribution is 2.32. The fourth-order valence-electron chi connectivity index (χ4n) is 4.77. The van der Waals surface area contributed by atoms with Crippen molar-refractivity contribution in [2.24, 2.45) is 0 Å². The van der Waals surface area contributed by atoms with Gasteiger partial charge in [0.15, 0.2) is 0 Å². The van der Waals surface area contributed by atoms with Gasteiger partial charge in [0, 0.05) is 13.1 Å². The van der Waals surface area contributed by atoms with Gasteiger partial charge in [0.2, 0.25) is 0 Å². The lowest BCUT2D eigenvalue weighted by Gasteiger charge is -2.34. The summed E-state index contributed by atoms with van der Waals surface area (Å²) in [6.07, 6.45) is 3.74. The van der Waals surface area contributed by atoms with Crippen molar-refractivity contribution >= 4 is 45.5 Å². The van der Waals surface area contributed by atoms with Crippen LogP contribution in [0.4, 0.5) is 4.79 Å². The third-order valence-corrected chi connectivity index (χ3v) is 6.72. The molecule has 0 aromatic heterocycles. The first-order chi connectivity index (χ1) is 17.6. The van der Waals surface area contributed by atoms with Crippen LogP contribution in [0.3, 0.4) is 0 Å². The molecule has 0 spiro atoms. The maximum Gasteiger partial charge on any atom is 0.333 e. The van der Waals surface area contributed by atoms with Gasteiger partial charge < -0.3 is 0 Å². The number of rotatable bonds is 7. The fraction of sp³-hybridized carbons (Fsp3) is 0.194. The van der Waals surface area contributed by atoms with E-state index in [1.165, 1.54) is 9.80 Å². The maximum absolute atomic E-state index is 13.7. The quantitative estimate of drug-likeness (QED) is 0.181. The van der Waals surface area contributed by atoms with Crippen molar-refractivity contribution in [2.75, 3.05) is 13.1 Å². The summed E-state index contributed by atoms with van der Waals surface area (Å²) in [5.41, 5.74) is 1.87. The minimum Gasteiger partial charge on any atom is -0.268 e. The Morgan fingerprint density at radius 3 is 1.86 bits per heavy atom. The third-order valence-electron chi connectivity index (χ3n) is 6.72. The van der Waals surface area contributed by atoms with Gasteiger partial charge in [-0.2, -0.15) is 0 Å². The van der Waals surface area contributed by atoms with E-state index in [1.54, 1.807) is 6.08 Å². The number of urea groups is 1. The van der Waals surface area contributed by atoms with Crippen LogP contribution in [-0.4, -0.2) is 40.7 Å². The van der Waals surface area contributed by atoms with Gasteiger partial charge in [0.1, 0.15) is 5.57 Å². The molecule has 0 atom stereocenters. The zero-order valence-electron chi connectivity index (χ0n) is 20.3. The molecule has 4 amide bonds. The monoisotopic (exact) mass is 476 g/mol. The summed E-state index contributed by atoms with van der Waals surface area (Å²) in [6.45, 7) is 2.51. The molecule has 1 fully saturated rings. The summed E-state index contributed by atoms with van der Waals surface area (Å²) in [4.78, 5) is 42.9. The fourth-order valence-corrected chi connectivity index (χ4v) is 4.77. The Kier molecular flexibility index (Phi) is 6.63. The maximum atomic E-state index is 13.7. The van der Waals surface area contributed by atoms with E-state index in [1.807, 2.05) is 85.8 Å². The topological polar surface area (TPSA) is 57.7 Å². The molecule has 0 saturated carbocycles. The Balaban J connectivity index is 1.62. The van der Waals surface area contributed by atoms with E-state index < -0.39 is 17.8 Å². The number of carbonyl (C=O) groups excluding carboxylic acids is 3. The third kappa shape index (κ3) is 4.40. The number of hydrogen-bond donors (Lipinski definition) is 0. The van der Waals surface area contributed by atoms with Crippen molar-refractivity contribution in [3.8, 4) is 0 Å². The van der Waals surface area contributed by atoms with Crippen molar-refractivity contribution in [2.45, 2.75) is 26.2 Å². The standard InChI is InChI=1S/C31H28N2O3/c1-2-3-18-32-29(34)28(30(35)33(31(32)36)19-17-22-11-5-4-6-12-22)21-27-25-15-9-7-13-23(25)20-24-14-8-10-16-26(24)27/h4-16,20-21H,2-3,17-19H2,1H3/b28-21+. The van der Waals surface area contributed by atoms with Gasteiger partial charge in [-0.3, -0.25) is 19.4 Å². The summed E-state index contributed by atoms with van der Waals surface area (Å²) < 4.78 is 0. The lowest BCUT2D eigenvalue weighted by molar-refractivity contribution is -0.135. The van der Waals surface area contributed by atoms with E-state index in [0.717, 1.165) is 39.1 Å². The van der Waals surface area contributed by atoms with E-state index >= 15 is 0 Å². The van der Waals surface area contributed by atoms with Crippen molar-refractivity contribution in [3.05, 3.63) is 102 Å². The van der Waals surface area contributed by atoms with E-state index in [9.17, 15) is 14.4 Å². The molecular formula is C31H28N2O3. The number of benzene rings is 4. The molecule has 1 heterocycles. The normalized spacial score (nSPS) is 15.5. The molecule has 5 heteroatoms. The van der Waals surface area contributed by atoms with Crippen LogP contribution in [0.15, 0.2) is 90.5 Å². The molecule has 0 N–H and O–H groups in total. The second-order valence-corrected chi connectivity index (χ2v) is 9.08. The zero-order chi connectivity index (χ0) is 25.1. The number of unbranched alkanes of at least 4 members (excludes halogenated alkanes) is 1. The highest BCUT2D eigenvalue weighted by atomic mass is 16.2. The molecule has 180 valence electrons. The van der Waals surface area contributed by atoms with E-state index in [-0.39, 0.29) is 18.7 Å². The molecule has 1 aliphatic heterocycles. The number of carbonyl (C=O) groups is 3. The largest absolute Gasteiger partial charge is 0.333 e. The lowest BCUT2D eigenvalue weighted by Crippen LogP contribution is -2.56. The molecule has 1 aliphatic rings. The van der Waals surface area contributed by atoms with Crippen molar-refractivity contribution < 1.29 is 14.4 Å². The number of amides is 4. The van der Waals surface area contributed by atoms with Crippen molar-refractivity contribution in [3.63, 3.8) is 0 Å². The summed E-state index contributed by atoms with van der Waals surface area (Å²) in [7, 11) is 0. The van der Waals surface area contributed by atoms with Crippen LogP contribution in [0.5, 0.6) is 0 Å². The number of hydrogen-bond acceptors (Lipinski definition) is 3. The van der Waals surface area contributed by atoms with Gasteiger partial charge in [-0.25, -0.2) is 4.79 Å². The molecule has 5 nitrogen and oxygen atoms in total. The molecule has 1 saturated heterocycles.